The molecule has 1 fully saturated rings. The van der Waals surface area contributed by atoms with Crippen LogP contribution in [0.3, 0.4) is 0 Å². The molecule has 1 saturated heterocycles. The van der Waals surface area contributed by atoms with E-state index in [2.05, 4.69) is 5.32 Å². The fourth-order valence-corrected chi connectivity index (χ4v) is 2.37. The number of hydrogen-bond donors (Lipinski definition) is 2. The first kappa shape index (κ1) is 15.9. The van der Waals surface area contributed by atoms with Crippen molar-refractivity contribution in [3.63, 3.8) is 0 Å². The quantitative estimate of drug-likeness (QED) is 0.868. The van der Waals surface area contributed by atoms with Crippen LogP contribution in [0, 0.1) is 0 Å². The summed E-state index contributed by atoms with van der Waals surface area (Å²) < 4.78 is 15.8. The Labute approximate surface area is 129 Å². The molecule has 0 radical (unpaired) electrons. The fraction of sp³-hybridized carbons (Fsp3) is 0.500. The smallest absolute Gasteiger partial charge is 0.240 e. The Balaban J connectivity index is 0.00000161. The van der Waals surface area contributed by atoms with Crippen molar-refractivity contribution >= 4 is 18.3 Å². The molecule has 1 amide bonds. The van der Waals surface area contributed by atoms with Crippen LogP contribution in [0.5, 0.6) is 11.5 Å². The molecule has 1 aromatic carbocycles. The van der Waals surface area contributed by atoms with Gasteiger partial charge >= 0.3 is 0 Å². The monoisotopic (exact) mass is 314 g/mol. The summed E-state index contributed by atoms with van der Waals surface area (Å²) in [5.41, 5.74) is 6.27. The second kappa shape index (κ2) is 6.51. The van der Waals surface area contributed by atoms with Gasteiger partial charge in [-0.2, -0.15) is 0 Å². The molecule has 0 aromatic heterocycles. The molecule has 0 aliphatic carbocycles. The van der Waals surface area contributed by atoms with Crippen molar-refractivity contribution in [1.82, 2.24) is 5.32 Å². The minimum Gasteiger partial charge on any atom is -0.454 e. The van der Waals surface area contributed by atoms with Crippen molar-refractivity contribution < 1.29 is 19.0 Å². The molecule has 0 atom stereocenters. The number of rotatable bonds is 3. The maximum absolute atomic E-state index is 12.2. The van der Waals surface area contributed by atoms with Crippen LogP contribution < -0.4 is 20.5 Å². The number of fused-ring (bicyclic) bond motifs is 1. The predicted molar refractivity (Wildman–Crippen MR) is 78.6 cm³/mol. The average Bonchev–Trinajstić information content (AvgIpc) is 2.93. The second-order valence-electron chi connectivity index (χ2n) is 5.14. The van der Waals surface area contributed by atoms with Crippen molar-refractivity contribution in [1.29, 1.82) is 0 Å². The summed E-state index contributed by atoms with van der Waals surface area (Å²) in [4.78, 5) is 12.2. The summed E-state index contributed by atoms with van der Waals surface area (Å²) in [5.74, 6) is 1.32. The van der Waals surface area contributed by atoms with E-state index in [4.69, 9.17) is 19.9 Å². The lowest BCUT2D eigenvalue weighted by molar-refractivity contribution is -0.129. The normalized spacial score (nSPS) is 18.7. The average molecular weight is 315 g/mol. The van der Waals surface area contributed by atoms with Gasteiger partial charge in [-0.15, -0.1) is 12.4 Å². The summed E-state index contributed by atoms with van der Waals surface area (Å²) in [5, 5.41) is 2.88. The molecule has 0 unspecified atom stereocenters. The topological polar surface area (TPSA) is 82.8 Å². The molecule has 3 N–H and O–H groups in total. The summed E-state index contributed by atoms with van der Waals surface area (Å²) in [6.45, 7) is 1.74. The van der Waals surface area contributed by atoms with Gasteiger partial charge in [0.1, 0.15) is 0 Å². The summed E-state index contributed by atoms with van der Waals surface area (Å²) >= 11 is 0. The highest BCUT2D eigenvalue weighted by Crippen LogP contribution is 2.32. The van der Waals surface area contributed by atoms with Crippen LogP contribution in [0.25, 0.3) is 0 Å². The minimum absolute atomic E-state index is 0. The van der Waals surface area contributed by atoms with Crippen LogP contribution in [0.15, 0.2) is 18.2 Å². The number of amides is 1. The van der Waals surface area contributed by atoms with E-state index in [0.29, 0.717) is 38.3 Å². The van der Waals surface area contributed by atoms with Gasteiger partial charge in [0, 0.05) is 19.8 Å². The first-order valence-corrected chi connectivity index (χ1v) is 6.71. The second-order valence-corrected chi connectivity index (χ2v) is 5.14. The lowest BCUT2D eigenvalue weighted by Gasteiger charge is -2.31. The van der Waals surface area contributed by atoms with Crippen LogP contribution in [-0.4, -0.2) is 31.5 Å². The highest BCUT2D eigenvalue weighted by molar-refractivity contribution is 5.86. The van der Waals surface area contributed by atoms with Gasteiger partial charge in [-0.05, 0) is 30.5 Å². The number of hydrogen-bond acceptors (Lipinski definition) is 5. The molecular formula is C14H19ClN2O4. The van der Waals surface area contributed by atoms with Gasteiger partial charge in [0.15, 0.2) is 11.5 Å². The highest BCUT2D eigenvalue weighted by Gasteiger charge is 2.35. The number of carbonyl (C=O) groups excluding carboxylic acids is 1. The van der Waals surface area contributed by atoms with Crippen molar-refractivity contribution in [2.45, 2.75) is 24.9 Å². The lowest BCUT2D eigenvalue weighted by atomic mass is 9.90. The molecule has 2 heterocycles. The van der Waals surface area contributed by atoms with Crippen LogP contribution >= 0.6 is 12.4 Å². The molecule has 21 heavy (non-hydrogen) atoms. The van der Waals surface area contributed by atoms with E-state index < -0.39 is 5.54 Å². The van der Waals surface area contributed by atoms with E-state index in [1.165, 1.54) is 0 Å². The molecule has 6 nitrogen and oxygen atoms in total. The van der Waals surface area contributed by atoms with Crippen molar-refractivity contribution in [2.75, 3.05) is 20.0 Å². The van der Waals surface area contributed by atoms with E-state index in [1.807, 2.05) is 18.2 Å². The maximum Gasteiger partial charge on any atom is 0.240 e. The molecule has 116 valence electrons. The number of halogens is 1. The minimum atomic E-state index is -0.811. The number of ether oxygens (including phenoxy) is 3. The third-order valence-corrected chi connectivity index (χ3v) is 3.73. The first-order valence-electron chi connectivity index (χ1n) is 6.71. The molecule has 2 aliphatic heterocycles. The number of carbonyl (C=O) groups is 1. The van der Waals surface area contributed by atoms with Crippen molar-refractivity contribution in [3.8, 4) is 11.5 Å². The zero-order valence-corrected chi connectivity index (χ0v) is 12.4. The van der Waals surface area contributed by atoms with Gasteiger partial charge in [-0.3, -0.25) is 4.79 Å². The van der Waals surface area contributed by atoms with Crippen molar-refractivity contribution in [2.24, 2.45) is 5.73 Å². The Bertz CT molecular complexity index is 518. The van der Waals surface area contributed by atoms with Gasteiger partial charge in [0.25, 0.3) is 0 Å². The number of benzene rings is 1. The Hall–Kier alpha value is -1.50. The van der Waals surface area contributed by atoms with E-state index in [9.17, 15) is 4.79 Å². The van der Waals surface area contributed by atoms with Crippen LogP contribution in [0.2, 0.25) is 0 Å². The zero-order chi connectivity index (χ0) is 14.0. The fourth-order valence-electron chi connectivity index (χ4n) is 2.37. The number of nitrogens with one attached hydrogen (secondary N) is 1. The van der Waals surface area contributed by atoms with Gasteiger partial charge in [-0.25, -0.2) is 0 Å². The van der Waals surface area contributed by atoms with E-state index in [0.717, 1.165) is 11.3 Å². The van der Waals surface area contributed by atoms with E-state index in [-0.39, 0.29) is 25.1 Å². The van der Waals surface area contributed by atoms with Crippen LogP contribution in [0.1, 0.15) is 18.4 Å². The molecule has 1 aromatic rings. The van der Waals surface area contributed by atoms with Crippen molar-refractivity contribution in [3.05, 3.63) is 23.8 Å². The summed E-state index contributed by atoms with van der Waals surface area (Å²) in [7, 11) is 0. The van der Waals surface area contributed by atoms with Crippen LogP contribution in [0.4, 0.5) is 0 Å². The number of nitrogens with two attached hydrogens (primary N) is 1. The highest BCUT2D eigenvalue weighted by atomic mass is 35.5. The standard InChI is InChI=1S/C14H18N2O4.ClH/c15-14(3-5-18-6-4-14)13(17)16-8-10-1-2-11-12(7-10)20-9-19-11;/h1-2,7H,3-6,8-9,15H2,(H,16,17);1H. The van der Waals surface area contributed by atoms with Gasteiger partial charge in [-0.1, -0.05) is 6.07 Å². The summed E-state index contributed by atoms with van der Waals surface area (Å²) in [6.07, 6.45) is 1.11. The Morgan fingerprint density at radius 1 is 1.24 bits per heavy atom. The first-order chi connectivity index (χ1) is 9.67. The predicted octanol–water partition coefficient (Wildman–Crippen LogP) is 0.961. The van der Waals surface area contributed by atoms with Crippen LogP contribution in [-0.2, 0) is 16.1 Å². The molecular weight excluding hydrogens is 296 g/mol. The van der Waals surface area contributed by atoms with Gasteiger partial charge in [0.05, 0.1) is 5.54 Å². The molecule has 2 aliphatic rings. The largest absolute Gasteiger partial charge is 0.454 e. The lowest BCUT2D eigenvalue weighted by Crippen LogP contribution is -2.56. The zero-order valence-electron chi connectivity index (χ0n) is 11.6. The molecule has 7 heteroatoms. The van der Waals surface area contributed by atoms with E-state index >= 15 is 0 Å². The van der Waals surface area contributed by atoms with Gasteiger partial charge < -0.3 is 25.3 Å². The Morgan fingerprint density at radius 2 is 1.95 bits per heavy atom. The molecule has 0 spiro atoms. The molecule has 0 saturated carbocycles. The SMILES string of the molecule is Cl.NC1(C(=O)NCc2ccc3c(c2)OCO3)CCOCC1. The Morgan fingerprint density at radius 3 is 2.71 bits per heavy atom. The molecule has 0 bridgehead atoms. The van der Waals surface area contributed by atoms with Gasteiger partial charge in [0.2, 0.25) is 12.7 Å². The Kier molecular flexibility index (Phi) is 4.92. The third-order valence-electron chi connectivity index (χ3n) is 3.73. The maximum atomic E-state index is 12.2. The van der Waals surface area contributed by atoms with E-state index in [1.54, 1.807) is 0 Å². The summed E-state index contributed by atoms with van der Waals surface area (Å²) in [6, 6.07) is 5.62. The molecule has 3 rings (SSSR count). The third kappa shape index (κ3) is 3.40.